The van der Waals surface area contributed by atoms with Gasteiger partial charge in [-0.25, -0.2) is 0 Å². The molecule has 0 aromatic carbocycles. The predicted octanol–water partition coefficient (Wildman–Crippen LogP) is 2.59. The Hall–Kier alpha value is -1.02. The first kappa shape index (κ1) is 9.07. The van der Waals surface area contributed by atoms with Crippen molar-refractivity contribution in [2.45, 2.75) is 44.6 Å². The van der Waals surface area contributed by atoms with Crippen LogP contribution in [0.15, 0.2) is 5.11 Å². The summed E-state index contributed by atoms with van der Waals surface area (Å²) >= 11 is 0. The molecule has 4 heteroatoms. The topological polar surface area (TPSA) is 65.8 Å². The van der Waals surface area contributed by atoms with E-state index in [1.807, 2.05) is 0 Å². The van der Waals surface area contributed by atoms with E-state index in [1.54, 1.807) is 0 Å². The number of ketones is 1. The predicted molar refractivity (Wildman–Crippen MR) is 45.6 cm³/mol. The molecular formula is C8H13N3O. The lowest BCUT2D eigenvalue weighted by molar-refractivity contribution is -0.120. The molecule has 1 aliphatic rings. The first-order valence-corrected chi connectivity index (χ1v) is 4.41. The van der Waals surface area contributed by atoms with Gasteiger partial charge in [0.05, 0.1) is 6.04 Å². The minimum absolute atomic E-state index is 0.118. The van der Waals surface area contributed by atoms with Gasteiger partial charge < -0.3 is 0 Å². The fourth-order valence-corrected chi connectivity index (χ4v) is 1.50. The highest BCUT2D eigenvalue weighted by Gasteiger charge is 2.17. The fraction of sp³-hybridized carbons (Fsp3) is 0.875. The zero-order valence-corrected chi connectivity index (χ0v) is 7.07. The minimum Gasteiger partial charge on any atom is -0.299 e. The van der Waals surface area contributed by atoms with E-state index < -0.39 is 0 Å². The van der Waals surface area contributed by atoms with Gasteiger partial charge in [0.2, 0.25) is 0 Å². The molecule has 0 aromatic heterocycles. The van der Waals surface area contributed by atoms with Gasteiger partial charge in [-0.2, -0.15) is 0 Å². The zero-order valence-electron chi connectivity index (χ0n) is 7.07. The molecule has 0 aliphatic heterocycles. The molecule has 0 bridgehead atoms. The Bertz CT molecular complexity index is 208. The van der Waals surface area contributed by atoms with E-state index in [0.29, 0.717) is 6.42 Å². The summed E-state index contributed by atoms with van der Waals surface area (Å²) in [5.41, 5.74) is 8.20. The van der Waals surface area contributed by atoms with Gasteiger partial charge in [0.25, 0.3) is 0 Å². The number of hydrogen-bond donors (Lipinski definition) is 0. The standard InChI is InChI=1S/C8H13N3O/c9-11-10-7-5-3-1-2-4-6-8(7)12/h7H,1-6H2. The second kappa shape index (κ2) is 4.78. The van der Waals surface area contributed by atoms with Crippen LogP contribution in [-0.2, 0) is 4.79 Å². The Kier molecular flexibility index (Phi) is 3.61. The average Bonchev–Trinajstić information content (AvgIpc) is 2.05. The van der Waals surface area contributed by atoms with Crippen molar-refractivity contribution in [2.24, 2.45) is 5.11 Å². The van der Waals surface area contributed by atoms with E-state index >= 15 is 0 Å². The molecule has 0 aromatic rings. The Labute approximate surface area is 71.6 Å². The van der Waals surface area contributed by atoms with Crippen molar-refractivity contribution in [1.82, 2.24) is 0 Å². The molecule has 0 N–H and O–H groups in total. The Balaban J connectivity index is 2.54. The van der Waals surface area contributed by atoms with Crippen molar-refractivity contribution in [3.05, 3.63) is 10.4 Å². The van der Waals surface area contributed by atoms with Crippen molar-refractivity contribution in [3.8, 4) is 0 Å². The Morgan fingerprint density at radius 3 is 2.83 bits per heavy atom. The molecular weight excluding hydrogens is 154 g/mol. The normalized spacial score (nSPS) is 25.3. The van der Waals surface area contributed by atoms with Crippen LogP contribution in [0, 0.1) is 0 Å². The number of rotatable bonds is 1. The van der Waals surface area contributed by atoms with Crippen LogP contribution in [0.4, 0.5) is 0 Å². The summed E-state index contributed by atoms with van der Waals surface area (Å²) in [5, 5.41) is 3.50. The van der Waals surface area contributed by atoms with Gasteiger partial charge in [-0.15, -0.1) is 0 Å². The number of nitrogens with zero attached hydrogens (tertiary/aromatic N) is 3. The van der Waals surface area contributed by atoms with Gasteiger partial charge in [0.15, 0.2) is 0 Å². The highest BCUT2D eigenvalue weighted by molar-refractivity contribution is 5.84. The van der Waals surface area contributed by atoms with Gasteiger partial charge >= 0.3 is 0 Å². The SMILES string of the molecule is [N-]=[N+]=NC1CCCCCCC1=O. The van der Waals surface area contributed by atoms with E-state index in [9.17, 15) is 4.79 Å². The van der Waals surface area contributed by atoms with Crippen molar-refractivity contribution >= 4 is 5.78 Å². The van der Waals surface area contributed by atoms with Crippen molar-refractivity contribution in [1.29, 1.82) is 0 Å². The van der Waals surface area contributed by atoms with Crippen LogP contribution in [0.25, 0.3) is 10.4 Å². The average molecular weight is 167 g/mol. The first-order valence-electron chi connectivity index (χ1n) is 4.41. The smallest absolute Gasteiger partial charge is 0.141 e. The third-order valence-corrected chi connectivity index (χ3v) is 2.21. The molecule has 0 saturated heterocycles. The van der Waals surface area contributed by atoms with Gasteiger partial charge in [0.1, 0.15) is 5.78 Å². The molecule has 1 saturated carbocycles. The number of Topliss-reactive ketones (excluding diaryl/α,β-unsaturated/α-hetero) is 1. The van der Waals surface area contributed by atoms with E-state index in [1.165, 1.54) is 0 Å². The Morgan fingerprint density at radius 1 is 1.33 bits per heavy atom. The van der Waals surface area contributed by atoms with Crippen LogP contribution < -0.4 is 0 Å². The maximum atomic E-state index is 11.3. The van der Waals surface area contributed by atoms with Crippen LogP contribution >= 0.6 is 0 Å². The molecule has 4 nitrogen and oxygen atoms in total. The van der Waals surface area contributed by atoms with E-state index in [-0.39, 0.29) is 11.8 Å². The fourth-order valence-electron chi connectivity index (χ4n) is 1.50. The molecule has 0 heterocycles. The molecule has 0 spiro atoms. The summed E-state index contributed by atoms with van der Waals surface area (Å²) in [6, 6.07) is -0.379. The molecule has 0 radical (unpaired) electrons. The molecule has 12 heavy (non-hydrogen) atoms. The lowest BCUT2D eigenvalue weighted by Crippen LogP contribution is -2.19. The quantitative estimate of drug-likeness (QED) is 0.336. The third-order valence-electron chi connectivity index (χ3n) is 2.21. The summed E-state index contributed by atoms with van der Waals surface area (Å²) in [6.07, 6.45) is 5.58. The van der Waals surface area contributed by atoms with Gasteiger partial charge in [-0.1, -0.05) is 24.4 Å². The van der Waals surface area contributed by atoms with Gasteiger partial charge in [0, 0.05) is 11.3 Å². The minimum atomic E-state index is -0.379. The monoisotopic (exact) mass is 167 g/mol. The molecule has 1 unspecified atom stereocenters. The maximum Gasteiger partial charge on any atom is 0.141 e. The molecule has 1 rings (SSSR count). The molecule has 1 atom stereocenters. The van der Waals surface area contributed by atoms with Gasteiger partial charge in [-0.05, 0) is 18.4 Å². The van der Waals surface area contributed by atoms with Crippen molar-refractivity contribution < 1.29 is 4.79 Å². The highest BCUT2D eigenvalue weighted by atomic mass is 16.1. The maximum absolute atomic E-state index is 11.3. The van der Waals surface area contributed by atoms with Crippen LogP contribution in [0.1, 0.15) is 38.5 Å². The highest BCUT2D eigenvalue weighted by Crippen LogP contribution is 2.16. The summed E-state index contributed by atoms with van der Waals surface area (Å²) in [7, 11) is 0. The Morgan fingerprint density at radius 2 is 2.08 bits per heavy atom. The second-order valence-electron chi connectivity index (χ2n) is 3.14. The van der Waals surface area contributed by atoms with Crippen molar-refractivity contribution in [3.63, 3.8) is 0 Å². The van der Waals surface area contributed by atoms with E-state index in [0.717, 1.165) is 32.1 Å². The lowest BCUT2D eigenvalue weighted by atomic mass is 9.96. The van der Waals surface area contributed by atoms with Crippen LogP contribution in [0.3, 0.4) is 0 Å². The lowest BCUT2D eigenvalue weighted by Gasteiger charge is -2.12. The zero-order chi connectivity index (χ0) is 8.81. The summed E-state index contributed by atoms with van der Waals surface area (Å²) in [5.74, 6) is 0.118. The number of carbonyl (C=O) groups is 1. The van der Waals surface area contributed by atoms with Crippen LogP contribution in [0.2, 0.25) is 0 Å². The molecule has 66 valence electrons. The van der Waals surface area contributed by atoms with Crippen LogP contribution in [0.5, 0.6) is 0 Å². The summed E-state index contributed by atoms with van der Waals surface area (Å²) in [6.45, 7) is 0. The number of hydrogen-bond acceptors (Lipinski definition) is 2. The van der Waals surface area contributed by atoms with Crippen molar-refractivity contribution in [2.75, 3.05) is 0 Å². The van der Waals surface area contributed by atoms with E-state index in [2.05, 4.69) is 10.0 Å². The van der Waals surface area contributed by atoms with Crippen LogP contribution in [-0.4, -0.2) is 11.8 Å². The van der Waals surface area contributed by atoms with E-state index in [4.69, 9.17) is 5.53 Å². The molecule has 1 aliphatic carbocycles. The summed E-state index contributed by atoms with van der Waals surface area (Å²) in [4.78, 5) is 14.0. The number of carbonyl (C=O) groups excluding carboxylic acids is 1. The first-order chi connectivity index (χ1) is 5.84. The molecule has 1 fully saturated rings. The van der Waals surface area contributed by atoms with Gasteiger partial charge in [-0.3, -0.25) is 4.79 Å². The molecule has 0 amide bonds. The largest absolute Gasteiger partial charge is 0.299 e. The second-order valence-corrected chi connectivity index (χ2v) is 3.14. The number of azide groups is 1. The summed E-state index contributed by atoms with van der Waals surface area (Å²) < 4.78 is 0. The third kappa shape index (κ3) is 2.55.